The van der Waals surface area contributed by atoms with Crippen molar-refractivity contribution in [3.05, 3.63) is 17.2 Å². The van der Waals surface area contributed by atoms with Gasteiger partial charge in [0.2, 0.25) is 0 Å². The molecule has 0 unspecified atom stereocenters. The number of H-pyrrole nitrogens is 1. The first-order valence-electron chi connectivity index (χ1n) is 4.67. The number of nitrogens with one attached hydrogen (secondary N) is 1. The van der Waals surface area contributed by atoms with Crippen molar-refractivity contribution >= 4 is 12.2 Å². The number of aromatic amines is 1. The van der Waals surface area contributed by atoms with Crippen LogP contribution in [0.1, 0.15) is 27.7 Å². The van der Waals surface area contributed by atoms with Crippen molar-refractivity contribution in [3.8, 4) is 0 Å². The van der Waals surface area contributed by atoms with Gasteiger partial charge < -0.3 is 9.55 Å². The van der Waals surface area contributed by atoms with E-state index in [1.165, 1.54) is 0 Å². The fourth-order valence-electron chi connectivity index (χ4n) is 1.10. The average Bonchev–Trinajstić information content (AvgIpc) is 2.35. The minimum Gasteiger partial charge on any atom is -0.337 e. The van der Waals surface area contributed by atoms with Crippen molar-refractivity contribution < 1.29 is 0 Å². The molecule has 1 N–H and O–H groups in total. The molecule has 0 saturated carbocycles. The summed E-state index contributed by atoms with van der Waals surface area (Å²) in [4.78, 5) is 3.01. The molecule has 74 valence electrons. The molecule has 0 radical (unpaired) electrons. The van der Waals surface area contributed by atoms with Crippen LogP contribution in [-0.2, 0) is 6.54 Å². The van der Waals surface area contributed by atoms with E-state index < -0.39 is 0 Å². The van der Waals surface area contributed by atoms with E-state index in [0.29, 0.717) is 11.3 Å². The van der Waals surface area contributed by atoms with Gasteiger partial charge in [-0.3, -0.25) is 0 Å². The van der Waals surface area contributed by atoms with E-state index in [-0.39, 0.29) is 0 Å². The smallest absolute Gasteiger partial charge is 0.177 e. The normalized spacial score (nSPS) is 12.4. The Kier molecular flexibility index (Phi) is 2.96. The third-order valence-corrected chi connectivity index (χ3v) is 3.22. The van der Waals surface area contributed by atoms with E-state index in [9.17, 15) is 0 Å². The molecule has 0 aromatic carbocycles. The van der Waals surface area contributed by atoms with Gasteiger partial charge in [0.25, 0.3) is 0 Å². The van der Waals surface area contributed by atoms with E-state index in [1.54, 1.807) is 0 Å². The molecule has 1 rings (SSSR count). The number of hydrogen-bond donors (Lipinski definition) is 1. The second kappa shape index (κ2) is 3.66. The Balaban J connectivity index is 2.80. The van der Waals surface area contributed by atoms with Crippen molar-refractivity contribution in [3.63, 3.8) is 0 Å². The predicted molar refractivity (Wildman–Crippen MR) is 58.2 cm³/mol. The lowest BCUT2D eigenvalue weighted by atomic mass is 9.81. The molecule has 3 heteroatoms. The van der Waals surface area contributed by atoms with Crippen LogP contribution < -0.4 is 0 Å². The molecule has 13 heavy (non-hydrogen) atoms. The number of rotatable bonds is 3. The van der Waals surface area contributed by atoms with Gasteiger partial charge in [-0.2, -0.15) is 0 Å². The molecular formula is C10H18N2S. The third kappa shape index (κ3) is 2.44. The Morgan fingerprint density at radius 2 is 2.15 bits per heavy atom. The van der Waals surface area contributed by atoms with Gasteiger partial charge in [-0.1, -0.05) is 27.7 Å². The van der Waals surface area contributed by atoms with Crippen LogP contribution >= 0.6 is 12.2 Å². The van der Waals surface area contributed by atoms with Crippen molar-refractivity contribution in [1.29, 1.82) is 0 Å². The number of hydrogen-bond acceptors (Lipinski definition) is 1. The first-order valence-corrected chi connectivity index (χ1v) is 5.08. The van der Waals surface area contributed by atoms with E-state index in [0.717, 1.165) is 11.3 Å². The maximum Gasteiger partial charge on any atom is 0.177 e. The molecule has 1 heterocycles. The molecule has 0 saturated heterocycles. The molecule has 1 aromatic rings. The largest absolute Gasteiger partial charge is 0.337 e. The van der Waals surface area contributed by atoms with Gasteiger partial charge >= 0.3 is 0 Å². The van der Waals surface area contributed by atoms with Crippen molar-refractivity contribution in [2.75, 3.05) is 0 Å². The second-order valence-corrected chi connectivity index (χ2v) is 4.92. The number of imidazole rings is 1. The first kappa shape index (κ1) is 10.5. The van der Waals surface area contributed by atoms with Gasteiger partial charge in [-0.25, -0.2) is 0 Å². The lowest BCUT2D eigenvalue weighted by molar-refractivity contribution is 0.209. The summed E-state index contributed by atoms with van der Waals surface area (Å²) in [6, 6.07) is 0. The van der Waals surface area contributed by atoms with Gasteiger partial charge in [0.15, 0.2) is 4.77 Å². The third-order valence-electron chi connectivity index (χ3n) is 2.86. The molecule has 0 bridgehead atoms. The first-order chi connectivity index (χ1) is 5.93. The Hall–Kier alpha value is -0.570. The minimum absolute atomic E-state index is 0.292. The summed E-state index contributed by atoms with van der Waals surface area (Å²) < 4.78 is 2.91. The number of nitrogens with zero attached hydrogens (tertiary/aromatic N) is 1. The van der Waals surface area contributed by atoms with E-state index in [2.05, 4.69) is 37.2 Å². The zero-order valence-electron chi connectivity index (χ0n) is 8.79. The van der Waals surface area contributed by atoms with Crippen LogP contribution in [0, 0.1) is 16.1 Å². The Bertz CT molecular complexity index is 320. The van der Waals surface area contributed by atoms with Crippen LogP contribution in [-0.4, -0.2) is 9.55 Å². The summed E-state index contributed by atoms with van der Waals surface area (Å²) in [6.45, 7) is 10.0. The van der Waals surface area contributed by atoms with E-state index >= 15 is 0 Å². The molecule has 0 amide bonds. The Morgan fingerprint density at radius 1 is 1.54 bits per heavy atom. The summed E-state index contributed by atoms with van der Waals surface area (Å²) in [5.74, 6) is 0.657. The summed E-state index contributed by atoms with van der Waals surface area (Å²) in [5, 5.41) is 0. The van der Waals surface area contributed by atoms with Crippen LogP contribution in [0.25, 0.3) is 0 Å². The fourth-order valence-corrected chi connectivity index (χ4v) is 1.29. The summed E-state index contributed by atoms with van der Waals surface area (Å²) in [6.07, 6.45) is 3.89. The van der Waals surface area contributed by atoms with Crippen molar-refractivity contribution in [2.45, 2.75) is 34.2 Å². The standard InChI is InChI=1S/C10H18N2S/c1-8(2)10(3,4)7-12-6-5-11-9(12)13/h5-6,8H,7H2,1-4H3,(H,11,13). The predicted octanol–water partition coefficient (Wildman–Crippen LogP) is 3.23. The molecule has 0 atom stereocenters. The van der Waals surface area contributed by atoms with Crippen molar-refractivity contribution in [1.82, 2.24) is 9.55 Å². The number of aromatic nitrogens is 2. The lowest BCUT2D eigenvalue weighted by Gasteiger charge is -2.29. The molecule has 0 spiro atoms. The van der Waals surface area contributed by atoms with Crippen LogP contribution in [0.15, 0.2) is 12.4 Å². The average molecular weight is 198 g/mol. The minimum atomic E-state index is 0.292. The summed E-state index contributed by atoms with van der Waals surface area (Å²) in [5.41, 5.74) is 0.292. The highest BCUT2D eigenvalue weighted by atomic mass is 32.1. The molecular weight excluding hydrogens is 180 g/mol. The zero-order chi connectivity index (χ0) is 10.1. The van der Waals surface area contributed by atoms with Crippen LogP contribution in [0.3, 0.4) is 0 Å². The topological polar surface area (TPSA) is 20.7 Å². The monoisotopic (exact) mass is 198 g/mol. The quantitative estimate of drug-likeness (QED) is 0.740. The zero-order valence-corrected chi connectivity index (χ0v) is 9.61. The highest BCUT2D eigenvalue weighted by Crippen LogP contribution is 2.27. The van der Waals surface area contributed by atoms with Crippen LogP contribution in [0.5, 0.6) is 0 Å². The Labute approximate surface area is 85.0 Å². The molecule has 0 aliphatic rings. The van der Waals surface area contributed by atoms with Crippen LogP contribution in [0.2, 0.25) is 0 Å². The van der Waals surface area contributed by atoms with Crippen LogP contribution in [0.4, 0.5) is 0 Å². The molecule has 0 fully saturated rings. The molecule has 2 nitrogen and oxygen atoms in total. The lowest BCUT2D eigenvalue weighted by Crippen LogP contribution is -2.25. The molecule has 1 aromatic heterocycles. The summed E-state index contributed by atoms with van der Waals surface area (Å²) in [7, 11) is 0. The second-order valence-electron chi connectivity index (χ2n) is 4.54. The molecule has 0 aliphatic heterocycles. The van der Waals surface area contributed by atoms with E-state index in [1.807, 2.05) is 12.4 Å². The van der Waals surface area contributed by atoms with Gasteiger partial charge in [0, 0.05) is 18.9 Å². The SMILES string of the molecule is CC(C)C(C)(C)Cn1cc[nH]c1=S. The summed E-state index contributed by atoms with van der Waals surface area (Å²) >= 11 is 5.15. The van der Waals surface area contributed by atoms with Crippen molar-refractivity contribution in [2.24, 2.45) is 11.3 Å². The van der Waals surface area contributed by atoms with Gasteiger partial charge in [0.05, 0.1) is 0 Å². The van der Waals surface area contributed by atoms with Gasteiger partial charge in [-0.05, 0) is 23.6 Å². The highest BCUT2D eigenvalue weighted by Gasteiger charge is 2.22. The van der Waals surface area contributed by atoms with Gasteiger partial charge in [-0.15, -0.1) is 0 Å². The van der Waals surface area contributed by atoms with E-state index in [4.69, 9.17) is 12.2 Å². The highest BCUT2D eigenvalue weighted by molar-refractivity contribution is 7.71. The maximum absolute atomic E-state index is 5.15. The van der Waals surface area contributed by atoms with Gasteiger partial charge in [0.1, 0.15) is 0 Å². The Morgan fingerprint density at radius 3 is 2.54 bits per heavy atom. The maximum atomic E-state index is 5.15. The fraction of sp³-hybridized carbons (Fsp3) is 0.700. The molecule has 0 aliphatic carbocycles.